The van der Waals surface area contributed by atoms with E-state index in [4.69, 9.17) is 9.47 Å². The molecule has 20 heavy (non-hydrogen) atoms. The molecule has 1 aromatic carbocycles. The van der Waals surface area contributed by atoms with Gasteiger partial charge < -0.3 is 20.1 Å². The summed E-state index contributed by atoms with van der Waals surface area (Å²) in [4.78, 5) is 11.7. The number of hydrogen-bond donors (Lipinski definition) is 2. The van der Waals surface area contributed by atoms with Gasteiger partial charge in [0.15, 0.2) is 0 Å². The normalized spacial score (nSPS) is 10.5. The molecule has 0 saturated carbocycles. The van der Waals surface area contributed by atoms with Crippen LogP contribution in [0.25, 0.3) is 0 Å². The Morgan fingerprint density at radius 2 is 2.15 bits per heavy atom. The Bertz CT molecular complexity index is 396. The van der Waals surface area contributed by atoms with Crippen molar-refractivity contribution in [3.63, 3.8) is 0 Å². The first-order valence-electron chi connectivity index (χ1n) is 6.92. The third-order valence-electron chi connectivity index (χ3n) is 2.69. The quantitative estimate of drug-likeness (QED) is 0.642. The van der Waals surface area contributed by atoms with E-state index in [9.17, 15) is 4.79 Å². The van der Waals surface area contributed by atoms with Gasteiger partial charge in [0.25, 0.3) is 0 Å². The lowest BCUT2D eigenvalue weighted by Gasteiger charge is -2.08. The predicted molar refractivity (Wildman–Crippen MR) is 79.8 cm³/mol. The number of ether oxygens (including phenoxy) is 2. The summed E-state index contributed by atoms with van der Waals surface area (Å²) in [7, 11) is 1.65. The van der Waals surface area contributed by atoms with Crippen LogP contribution in [0.4, 0.5) is 5.69 Å². The van der Waals surface area contributed by atoms with Gasteiger partial charge in [-0.3, -0.25) is 4.79 Å². The average Bonchev–Trinajstić information content (AvgIpc) is 2.44. The topological polar surface area (TPSA) is 59.6 Å². The van der Waals surface area contributed by atoms with Crippen LogP contribution in [0.15, 0.2) is 24.3 Å². The van der Waals surface area contributed by atoms with Crippen LogP contribution in [-0.4, -0.2) is 39.3 Å². The summed E-state index contributed by atoms with van der Waals surface area (Å²) in [5.74, 6) is 0.0170. The second-order valence-electron chi connectivity index (χ2n) is 4.40. The number of hydrogen-bond acceptors (Lipinski definition) is 4. The maximum absolute atomic E-state index is 11.7. The van der Waals surface area contributed by atoms with E-state index in [1.54, 1.807) is 7.11 Å². The molecule has 0 aromatic heterocycles. The van der Waals surface area contributed by atoms with Crippen LogP contribution in [0.5, 0.6) is 0 Å². The summed E-state index contributed by atoms with van der Waals surface area (Å²) in [6, 6.07) is 7.69. The van der Waals surface area contributed by atoms with Crippen molar-refractivity contribution in [2.45, 2.75) is 20.0 Å². The number of carbonyl (C=O) groups excluding carboxylic acids is 1. The predicted octanol–water partition coefficient (Wildman–Crippen LogP) is 1.79. The van der Waals surface area contributed by atoms with E-state index >= 15 is 0 Å². The molecule has 0 fully saturated rings. The molecule has 2 N–H and O–H groups in total. The van der Waals surface area contributed by atoms with Crippen molar-refractivity contribution >= 4 is 11.6 Å². The fourth-order valence-corrected chi connectivity index (χ4v) is 1.67. The smallest absolute Gasteiger partial charge is 0.225 e. The summed E-state index contributed by atoms with van der Waals surface area (Å²) in [5.41, 5.74) is 1.84. The lowest BCUT2D eigenvalue weighted by atomic mass is 10.2. The van der Waals surface area contributed by atoms with Crippen molar-refractivity contribution in [1.82, 2.24) is 5.32 Å². The zero-order chi connectivity index (χ0) is 14.6. The third kappa shape index (κ3) is 7.23. The standard InChI is InChI=1S/C15H24N2O3/c1-3-16-8-7-15(18)17-14-6-4-5-13(11-14)12-20-10-9-19-2/h4-6,11,16H,3,7-10,12H2,1-2H3,(H,17,18). The molecule has 0 aliphatic heterocycles. The van der Waals surface area contributed by atoms with E-state index in [-0.39, 0.29) is 5.91 Å². The average molecular weight is 280 g/mol. The van der Waals surface area contributed by atoms with Gasteiger partial charge in [-0.15, -0.1) is 0 Å². The number of carbonyl (C=O) groups is 1. The number of methoxy groups -OCH3 is 1. The molecule has 0 radical (unpaired) electrons. The van der Waals surface area contributed by atoms with E-state index in [1.165, 1.54) is 0 Å². The van der Waals surface area contributed by atoms with Gasteiger partial charge in [-0.1, -0.05) is 19.1 Å². The highest BCUT2D eigenvalue weighted by molar-refractivity contribution is 5.90. The zero-order valence-corrected chi connectivity index (χ0v) is 12.3. The van der Waals surface area contributed by atoms with Crippen molar-refractivity contribution < 1.29 is 14.3 Å². The number of anilines is 1. The number of nitrogens with one attached hydrogen (secondary N) is 2. The molecule has 1 amide bonds. The second-order valence-corrected chi connectivity index (χ2v) is 4.40. The Morgan fingerprint density at radius 1 is 1.30 bits per heavy atom. The molecule has 0 spiro atoms. The fourth-order valence-electron chi connectivity index (χ4n) is 1.67. The van der Waals surface area contributed by atoms with Crippen LogP contribution in [0.2, 0.25) is 0 Å². The Hall–Kier alpha value is -1.43. The fraction of sp³-hybridized carbons (Fsp3) is 0.533. The van der Waals surface area contributed by atoms with Gasteiger partial charge in [-0.05, 0) is 24.2 Å². The molecule has 0 saturated heterocycles. The number of rotatable bonds is 10. The minimum Gasteiger partial charge on any atom is -0.382 e. The van der Waals surface area contributed by atoms with E-state index in [1.807, 2.05) is 31.2 Å². The molecule has 0 unspecified atom stereocenters. The lowest BCUT2D eigenvalue weighted by molar-refractivity contribution is -0.116. The maximum atomic E-state index is 11.7. The largest absolute Gasteiger partial charge is 0.382 e. The van der Waals surface area contributed by atoms with E-state index in [0.717, 1.165) is 17.8 Å². The molecule has 0 aliphatic rings. The van der Waals surface area contributed by atoms with Crippen LogP contribution >= 0.6 is 0 Å². The molecule has 0 atom stereocenters. The SMILES string of the molecule is CCNCCC(=O)Nc1cccc(COCCOC)c1. The minimum absolute atomic E-state index is 0.0170. The molecule has 112 valence electrons. The molecular weight excluding hydrogens is 256 g/mol. The third-order valence-corrected chi connectivity index (χ3v) is 2.69. The first-order valence-corrected chi connectivity index (χ1v) is 6.92. The highest BCUT2D eigenvalue weighted by Gasteiger charge is 2.02. The summed E-state index contributed by atoms with van der Waals surface area (Å²) in [6.45, 7) is 5.26. The second kappa shape index (κ2) is 10.4. The molecule has 5 nitrogen and oxygen atoms in total. The number of amides is 1. The monoisotopic (exact) mass is 280 g/mol. The summed E-state index contributed by atoms with van der Waals surface area (Å²) in [6.07, 6.45) is 0.475. The molecule has 1 aromatic rings. The van der Waals surface area contributed by atoms with Crippen molar-refractivity contribution in [3.05, 3.63) is 29.8 Å². The highest BCUT2D eigenvalue weighted by Crippen LogP contribution is 2.11. The molecule has 0 aliphatic carbocycles. The van der Waals surface area contributed by atoms with Gasteiger partial charge in [0.2, 0.25) is 5.91 Å². The van der Waals surface area contributed by atoms with Gasteiger partial charge in [0, 0.05) is 25.8 Å². The van der Waals surface area contributed by atoms with Crippen LogP contribution in [0.3, 0.4) is 0 Å². The van der Waals surface area contributed by atoms with Gasteiger partial charge in [0.1, 0.15) is 0 Å². The Labute approximate surface area is 120 Å². The van der Waals surface area contributed by atoms with E-state index < -0.39 is 0 Å². The minimum atomic E-state index is 0.0170. The maximum Gasteiger partial charge on any atom is 0.225 e. The molecular formula is C15H24N2O3. The number of benzene rings is 1. The Morgan fingerprint density at radius 3 is 2.90 bits per heavy atom. The summed E-state index contributed by atoms with van der Waals surface area (Å²) >= 11 is 0. The van der Waals surface area contributed by atoms with Crippen molar-refractivity contribution in [2.24, 2.45) is 0 Å². The van der Waals surface area contributed by atoms with Crippen LogP contribution < -0.4 is 10.6 Å². The highest BCUT2D eigenvalue weighted by atomic mass is 16.5. The van der Waals surface area contributed by atoms with Crippen LogP contribution in [0, 0.1) is 0 Å². The molecule has 0 bridgehead atoms. The van der Waals surface area contributed by atoms with Crippen LogP contribution in [-0.2, 0) is 20.9 Å². The van der Waals surface area contributed by atoms with Crippen molar-refractivity contribution in [3.8, 4) is 0 Å². The Balaban J connectivity index is 2.36. The van der Waals surface area contributed by atoms with E-state index in [0.29, 0.717) is 32.8 Å². The Kier molecular flexibility index (Phi) is 8.62. The molecule has 0 heterocycles. The van der Waals surface area contributed by atoms with Crippen LogP contribution in [0.1, 0.15) is 18.9 Å². The first-order chi connectivity index (χ1) is 9.76. The first kappa shape index (κ1) is 16.6. The summed E-state index contributed by atoms with van der Waals surface area (Å²) in [5, 5.41) is 6.01. The zero-order valence-electron chi connectivity index (χ0n) is 12.3. The summed E-state index contributed by atoms with van der Waals surface area (Å²) < 4.78 is 10.4. The molecule has 5 heteroatoms. The van der Waals surface area contributed by atoms with Gasteiger partial charge in [-0.25, -0.2) is 0 Å². The van der Waals surface area contributed by atoms with Crippen molar-refractivity contribution in [2.75, 3.05) is 38.7 Å². The van der Waals surface area contributed by atoms with Crippen molar-refractivity contribution in [1.29, 1.82) is 0 Å². The van der Waals surface area contributed by atoms with E-state index in [2.05, 4.69) is 10.6 Å². The van der Waals surface area contributed by atoms with Gasteiger partial charge >= 0.3 is 0 Å². The lowest BCUT2D eigenvalue weighted by Crippen LogP contribution is -2.21. The van der Waals surface area contributed by atoms with Gasteiger partial charge in [0.05, 0.1) is 19.8 Å². The van der Waals surface area contributed by atoms with Gasteiger partial charge in [-0.2, -0.15) is 0 Å². The molecule has 1 rings (SSSR count).